The van der Waals surface area contributed by atoms with Crippen LogP contribution in [-0.2, 0) is 13.5 Å². The summed E-state index contributed by atoms with van der Waals surface area (Å²) in [4.78, 5) is 13.9. The third kappa shape index (κ3) is 2.04. The van der Waals surface area contributed by atoms with Gasteiger partial charge in [0.1, 0.15) is 0 Å². The molecule has 0 spiro atoms. The number of rotatable bonds is 2. The van der Waals surface area contributed by atoms with E-state index < -0.39 is 0 Å². The number of imidazole rings is 1. The summed E-state index contributed by atoms with van der Waals surface area (Å²) in [6, 6.07) is 7.73. The van der Waals surface area contributed by atoms with E-state index in [1.165, 1.54) is 11.6 Å². The Labute approximate surface area is 101 Å². The zero-order valence-electron chi connectivity index (χ0n) is 8.70. The fourth-order valence-corrected chi connectivity index (χ4v) is 1.99. The van der Waals surface area contributed by atoms with Gasteiger partial charge in [0, 0.05) is 17.9 Å². The molecule has 0 aliphatic heterocycles. The lowest BCUT2D eigenvalue weighted by Gasteiger charge is -2.00. The summed E-state index contributed by atoms with van der Waals surface area (Å²) in [5, 5.41) is 9.67. The van der Waals surface area contributed by atoms with Gasteiger partial charge in [-0.25, -0.2) is 4.79 Å². The molecule has 1 heterocycles. The van der Waals surface area contributed by atoms with E-state index in [1.807, 2.05) is 24.3 Å². The first-order valence-corrected chi connectivity index (χ1v) is 5.58. The zero-order chi connectivity index (χ0) is 11.7. The maximum absolute atomic E-state index is 11.3. The lowest BCUT2D eigenvalue weighted by atomic mass is 10.1. The molecule has 0 unspecified atom stereocenters. The number of aromatic amines is 1. The predicted molar refractivity (Wildman–Crippen MR) is 64.6 cm³/mol. The molecule has 1 aromatic carbocycles. The van der Waals surface area contributed by atoms with E-state index in [1.54, 1.807) is 0 Å². The van der Waals surface area contributed by atoms with Crippen LogP contribution in [0.3, 0.4) is 0 Å². The lowest BCUT2D eigenvalue weighted by Crippen LogP contribution is -2.11. The van der Waals surface area contributed by atoms with Crippen molar-refractivity contribution < 1.29 is 5.11 Å². The van der Waals surface area contributed by atoms with Crippen molar-refractivity contribution in [3.05, 3.63) is 50.5 Å². The average molecular weight is 283 g/mol. The molecule has 0 fully saturated rings. The SMILES string of the molecule is Cn1c(O)c(Cc2cccc(Br)c2)[nH]c1=O. The number of benzene rings is 1. The topological polar surface area (TPSA) is 58.0 Å². The van der Waals surface area contributed by atoms with E-state index >= 15 is 0 Å². The molecule has 16 heavy (non-hydrogen) atoms. The summed E-state index contributed by atoms with van der Waals surface area (Å²) in [5.74, 6) is -0.00928. The first-order valence-electron chi connectivity index (χ1n) is 4.79. The van der Waals surface area contributed by atoms with Crippen molar-refractivity contribution in [2.45, 2.75) is 6.42 Å². The molecule has 0 saturated heterocycles. The molecule has 5 heteroatoms. The Morgan fingerprint density at radius 2 is 2.25 bits per heavy atom. The van der Waals surface area contributed by atoms with E-state index in [0.717, 1.165) is 10.0 Å². The second kappa shape index (κ2) is 4.17. The van der Waals surface area contributed by atoms with Crippen molar-refractivity contribution in [2.75, 3.05) is 0 Å². The normalized spacial score (nSPS) is 10.6. The van der Waals surface area contributed by atoms with Gasteiger partial charge in [-0.1, -0.05) is 28.1 Å². The third-order valence-electron chi connectivity index (χ3n) is 2.42. The van der Waals surface area contributed by atoms with Crippen molar-refractivity contribution in [2.24, 2.45) is 7.05 Å². The molecular weight excluding hydrogens is 272 g/mol. The second-order valence-electron chi connectivity index (χ2n) is 3.60. The largest absolute Gasteiger partial charge is 0.493 e. The van der Waals surface area contributed by atoms with Crippen LogP contribution in [-0.4, -0.2) is 14.7 Å². The van der Waals surface area contributed by atoms with Gasteiger partial charge in [0.2, 0.25) is 5.88 Å². The fourth-order valence-electron chi connectivity index (χ4n) is 1.54. The maximum atomic E-state index is 11.3. The number of hydrogen-bond donors (Lipinski definition) is 2. The predicted octanol–water partition coefficient (Wildman–Crippen LogP) is 1.77. The van der Waals surface area contributed by atoms with Crippen molar-refractivity contribution in [3.63, 3.8) is 0 Å². The van der Waals surface area contributed by atoms with Crippen LogP contribution in [0.25, 0.3) is 0 Å². The third-order valence-corrected chi connectivity index (χ3v) is 2.91. The van der Waals surface area contributed by atoms with Crippen LogP contribution < -0.4 is 5.69 Å². The molecule has 2 aromatic rings. The number of nitrogens with zero attached hydrogens (tertiary/aromatic N) is 1. The summed E-state index contributed by atoms with van der Waals surface area (Å²) < 4.78 is 2.16. The fraction of sp³-hybridized carbons (Fsp3) is 0.182. The van der Waals surface area contributed by atoms with Crippen LogP contribution >= 0.6 is 15.9 Å². The first-order chi connectivity index (χ1) is 7.58. The Morgan fingerprint density at radius 3 is 2.81 bits per heavy atom. The Balaban J connectivity index is 2.34. The highest BCUT2D eigenvalue weighted by Gasteiger charge is 2.10. The van der Waals surface area contributed by atoms with Gasteiger partial charge in [-0.15, -0.1) is 0 Å². The van der Waals surface area contributed by atoms with Crippen LogP contribution in [0.5, 0.6) is 5.88 Å². The molecule has 2 rings (SSSR count). The Hall–Kier alpha value is -1.49. The quantitative estimate of drug-likeness (QED) is 0.882. The maximum Gasteiger partial charge on any atom is 0.328 e. The molecule has 0 atom stereocenters. The molecule has 0 bridgehead atoms. The number of aromatic nitrogens is 2. The highest BCUT2D eigenvalue weighted by Crippen LogP contribution is 2.18. The van der Waals surface area contributed by atoms with Crippen molar-refractivity contribution >= 4 is 15.9 Å². The monoisotopic (exact) mass is 282 g/mol. The number of nitrogens with one attached hydrogen (secondary N) is 1. The number of H-pyrrole nitrogens is 1. The number of aromatic hydroxyl groups is 1. The summed E-state index contributed by atoms with van der Waals surface area (Å²) >= 11 is 3.37. The van der Waals surface area contributed by atoms with Gasteiger partial charge in [0.25, 0.3) is 0 Å². The minimum Gasteiger partial charge on any atom is -0.493 e. The van der Waals surface area contributed by atoms with Crippen LogP contribution in [0.2, 0.25) is 0 Å². The minimum absolute atomic E-state index is 0.00928. The molecular formula is C11H11BrN2O2. The lowest BCUT2D eigenvalue weighted by molar-refractivity contribution is 0.424. The van der Waals surface area contributed by atoms with Crippen molar-refractivity contribution in [3.8, 4) is 5.88 Å². The summed E-state index contributed by atoms with van der Waals surface area (Å²) in [6.45, 7) is 0. The van der Waals surface area contributed by atoms with Gasteiger partial charge in [0.15, 0.2) is 0 Å². The zero-order valence-corrected chi connectivity index (χ0v) is 10.3. The smallest absolute Gasteiger partial charge is 0.328 e. The highest BCUT2D eigenvalue weighted by atomic mass is 79.9. The van der Waals surface area contributed by atoms with E-state index in [0.29, 0.717) is 12.1 Å². The molecule has 0 aliphatic carbocycles. The van der Waals surface area contributed by atoms with E-state index in [-0.39, 0.29) is 11.6 Å². The highest BCUT2D eigenvalue weighted by molar-refractivity contribution is 9.10. The van der Waals surface area contributed by atoms with Crippen LogP contribution in [0.4, 0.5) is 0 Å². The molecule has 1 aromatic heterocycles. The molecule has 0 amide bonds. The number of hydrogen-bond acceptors (Lipinski definition) is 2. The van der Waals surface area contributed by atoms with Gasteiger partial charge in [-0.3, -0.25) is 4.57 Å². The van der Waals surface area contributed by atoms with E-state index in [4.69, 9.17) is 0 Å². The summed E-state index contributed by atoms with van der Waals surface area (Å²) in [7, 11) is 1.53. The Bertz CT molecular complexity index is 572. The van der Waals surface area contributed by atoms with Gasteiger partial charge in [-0.2, -0.15) is 0 Å². The molecule has 4 nitrogen and oxygen atoms in total. The van der Waals surface area contributed by atoms with Gasteiger partial charge >= 0.3 is 5.69 Å². The minimum atomic E-state index is -0.303. The molecule has 2 N–H and O–H groups in total. The average Bonchev–Trinajstić information content (AvgIpc) is 2.47. The van der Waals surface area contributed by atoms with E-state index in [2.05, 4.69) is 20.9 Å². The van der Waals surface area contributed by atoms with Gasteiger partial charge in [0.05, 0.1) is 5.69 Å². The second-order valence-corrected chi connectivity index (χ2v) is 4.51. The molecule has 0 saturated carbocycles. The van der Waals surface area contributed by atoms with Gasteiger partial charge in [-0.05, 0) is 17.7 Å². The van der Waals surface area contributed by atoms with Crippen molar-refractivity contribution in [1.29, 1.82) is 0 Å². The summed E-state index contributed by atoms with van der Waals surface area (Å²) in [5.41, 5.74) is 1.25. The first kappa shape index (κ1) is 11.0. The van der Waals surface area contributed by atoms with E-state index in [9.17, 15) is 9.90 Å². The summed E-state index contributed by atoms with van der Waals surface area (Å²) in [6.07, 6.45) is 0.501. The van der Waals surface area contributed by atoms with Crippen molar-refractivity contribution in [1.82, 2.24) is 9.55 Å². The Morgan fingerprint density at radius 1 is 1.50 bits per heavy atom. The van der Waals surface area contributed by atoms with Crippen LogP contribution in [0.1, 0.15) is 11.3 Å². The Kier molecular flexibility index (Phi) is 2.87. The van der Waals surface area contributed by atoms with Gasteiger partial charge < -0.3 is 10.1 Å². The number of halogens is 1. The van der Waals surface area contributed by atoms with Crippen LogP contribution in [0, 0.1) is 0 Å². The van der Waals surface area contributed by atoms with Crippen LogP contribution in [0.15, 0.2) is 33.5 Å². The molecule has 0 aliphatic rings. The molecule has 84 valence electrons. The standard InChI is InChI=1S/C11H11BrN2O2/c1-14-10(15)9(13-11(14)16)6-7-3-2-4-8(12)5-7/h2-5,15H,6H2,1H3,(H,13,16). The molecule has 0 radical (unpaired) electrons.